The number of likely N-dealkylation sites (tertiary alicyclic amines) is 1. The van der Waals surface area contributed by atoms with Crippen LogP contribution in [0.4, 0.5) is 0 Å². The maximum atomic E-state index is 12.8. The Morgan fingerprint density at radius 1 is 1.16 bits per heavy atom. The molecule has 0 spiro atoms. The summed E-state index contributed by atoms with van der Waals surface area (Å²) >= 11 is 0. The van der Waals surface area contributed by atoms with Gasteiger partial charge in [0.05, 0.1) is 5.69 Å². The summed E-state index contributed by atoms with van der Waals surface area (Å²) in [5.74, 6) is 0.0974. The number of benzene rings is 1. The van der Waals surface area contributed by atoms with Crippen LogP contribution in [0.3, 0.4) is 0 Å². The summed E-state index contributed by atoms with van der Waals surface area (Å²) in [6.45, 7) is 6.74. The zero-order valence-corrected chi connectivity index (χ0v) is 14.9. The predicted octanol–water partition coefficient (Wildman–Crippen LogP) is 2.91. The molecule has 2 aliphatic rings. The molecule has 1 amide bonds. The molecule has 0 saturated carbocycles. The highest BCUT2D eigenvalue weighted by molar-refractivity contribution is 5.92. The molecule has 132 valence electrons. The smallest absolute Gasteiger partial charge is 0.274 e. The third-order valence-electron chi connectivity index (χ3n) is 5.38. The van der Waals surface area contributed by atoms with Crippen LogP contribution in [0.5, 0.6) is 0 Å². The number of nitrogens with zero attached hydrogens (tertiary/aromatic N) is 4. The molecule has 4 rings (SSSR count). The second-order valence-electron chi connectivity index (χ2n) is 7.28. The number of hydrogen-bond acceptors (Lipinski definition) is 3. The number of rotatable bonds is 3. The third-order valence-corrected chi connectivity index (χ3v) is 5.38. The molecule has 0 aliphatic carbocycles. The number of amides is 1. The molecule has 0 unspecified atom stereocenters. The van der Waals surface area contributed by atoms with Crippen LogP contribution < -0.4 is 0 Å². The molecule has 2 aromatic rings. The molecule has 1 saturated heterocycles. The highest BCUT2D eigenvalue weighted by atomic mass is 16.2. The van der Waals surface area contributed by atoms with Crippen molar-refractivity contribution in [2.24, 2.45) is 0 Å². The van der Waals surface area contributed by atoms with E-state index in [-0.39, 0.29) is 5.91 Å². The molecular weight excluding hydrogens is 312 g/mol. The zero-order chi connectivity index (χ0) is 17.2. The number of fused-ring (bicyclic) bond motifs is 1. The molecule has 1 atom stereocenters. The van der Waals surface area contributed by atoms with Gasteiger partial charge in [-0.15, -0.1) is 0 Å². The van der Waals surface area contributed by atoms with Crippen LogP contribution in [0.25, 0.3) is 0 Å². The lowest BCUT2D eigenvalue weighted by Gasteiger charge is -2.20. The van der Waals surface area contributed by atoms with Crippen molar-refractivity contribution >= 4 is 5.91 Å². The molecule has 0 radical (unpaired) electrons. The largest absolute Gasteiger partial charge is 0.335 e. The van der Waals surface area contributed by atoms with Crippen molar-refractivity contribution < 1.29 is 4.79 Å². The molecule has 1 aromatic heterocycles. The highest BCUT2D eigenvalue weighted by Crippen LogP contribution is 2.21. The van der Waals surface area contributed by atoms with Gasteiger partial charge >= 0.3 is 0 Å². The normalized spacial score (nSPS) is 21.2. The Hall–Kier alpha value is -2.14. The average molecular weight is 338 g/mol. The van der Waals surface area contributed by atoms with Crippen LogP contribution in [-0.2, 0) is 19.6 Å². The first-order chi connectivity index (χ1) is 12.2. The van der Waals surface area contributed by atoms with Crippen molar-refractivity contribution in [1.82, 2.24) is 19.6 Å². The fraction of sp³-hybridized carbons (Fsp3) is 0.500. The summed E-state index contributed by atoms with van der Waals surface area (Å²) < 4.78 is 2.04. The Balaban J connectivity index is 1.50. The highest BCUT2D eigenvalue weighted by Gasteiger charge is 2.28. The second-order valence-corrected chi connectivity index (χ2v) is 7.28. The first-order valence-corrected chi connectivity index (χ1v) is 9.35. The van der Waals surface area contributed by atoms with Gasteiger partial charge in [0.15, 0.2) is 5.69 Å². The van der Waals surface area contributed by atoms with Gasteiger partial charge in [-0.2, -0.15) is 5.10 Å². The summed E-state index contributed by atoms with van der Waals surface area (Å²) in [5.41, 5.74) is 3.10. The summed E-state index contributed by atoms with van der Waals surface area (Å²) in [6.07, 6.45) is 3.27. The number of hydrogen-bond donors (Lipinski definition) is 0. The summed E-state index contributed by atoms with van der Waals surface area (Å²) in [5, 5.41) is 4.63. The van der Waals surface area contributed by atoms with E-state index in [0.717, 1.165) is 57.7 Å². The molecule has 1 fully saturated rings. The Morgan fingerprint density at radius 2 is 2.00 bits per heavy atom. The van der Waals surface area contributed by atoms with Gasteiger partial charge in [0.25, 0.3) is 5.91 Å². The van der Waals surface area contributed by atoms with E-state index in [9.17, 15) is 4.79 Å². The van der Waals surface area contributed by atoms with E-state index in [1.165, 1.54) is 5.56 Å². The van der Waals surface area contributed by atoms with Crippen molar-refractivity contribution in [2.45, 2.75) is 51.9 Å². The summed E-state index contributed by atoms with van der Waals surface area (Å²) in [7, 11) is 0. The SMILES string of the molecule is C[C@H]1CCCN1C(=O)c1cc2n(n1)CCCN(Cc1ccccc1)C2. The average Bonchev–Trinajstić information content (AvgIpc) is 3.17. The second kappa shape index (κ2) is 7.00. The molecule has 0 N–H and O–H groups in total. The van der Waals surface area contributed by atoms with Gasteiger partial charge in [-0.1, -0.05) is 30.3 Å². The van der Waals surface area contributed by atoms with E-state index in [4.69, 9.17) is 0 Å². The van der Waals surface area contributed by atoms with Crippen LogP contribution in [0.1, 0.15) is 47.9 Å². The first-order valence-electron chi connectivity index (χ1n) is 9.35. The van der Waals surface area contributed by atoms with Crippen LogP contribution >= 0.6 is 0 Å². The first kappa shape index (κ1) is 16.3. The topological polar surface area (TPSA) is 41.4 Å². The maximum Gasteiger partial charge on any atom is 0.274 e. The Labute approximate surface area is 149 Å². The summed E-state index contributed by atoms with van der Waals surface area (Å²) in [6, 6.07) is 12.9. The Morgan fingerprint density at radius 3 is 2.76 bits per heavy atom. The lowest BCUT2D eigenvalue weighted by Crippen LogP contribution is -2.34. The van der Waals surface area contributed by atoms with Crippen LogP contribution in [0.15, 0.2) is 36.4 Å². The molecule has 2 aliphatic heterocycles. The molecule has 3 heterocycles. The minimum Gasteiger partial charge on any atom is -0.335 e. The molecule has 5 heteroatoms. The molecule has 25 heavy (non-hydrogen) atoms. The van der Waals surface area contributed by atoms with Gasteiger partial charge in [-0.05, 0) is 37.8 Å². The van der Waals surface area contributed by atoms with E-state index in [0.29, 0.717) is 11.7 Å². The molecular formula is C20H26N4O. The Kier molecular flexibility index (Phi) is 4.57. The molecule has 1 aromatic carbocycles. The van der Waals surface area contributed by atoms with Crippen molar-refractivity contribution in [3.05, 3.63) is 53.3 Å². The van der Waals surface area contributed by atoms with Gasteiger partial charge in [0.1, 0.15) is 0 Å². The fourth-order valence-electron chi connectivity index (χ4n) is 3.99. The van der Waals surface area contributed by atoms with Crippen molar-refractivity contribution in [2.75, 3.05) is 13.1 Å². The number of carbonyl (C=O) groups is 1. The van der Waals surface area contributed by atoms with E-state index in [2.05, 4.69) is 47.3 Å². The Bertz CT molecular complexity index is 739. The lowest BCUT2D eigenvalue weighted by atomic mass is 10.2. The van der Waals surface area contributed by atoms with Gasteiger partial charge in [0.2, 0.25) is 0 Å². The van der Waals surface area contributed by atoms with E-state index in [1.54, 1.807) is 0 Å². The van der Waals surface area contributed by atoms with Crippen LogP contribution in [0, 0.1) is 0 Å². The van der Waals surface area contributed by atoms with Crippen molar-refractivity contribution in [3.63, 3.8) is 0 Å². The molecule has 5 nitrogen and oxygen atoms in total. The standard InChI is InChI=1S/C20H26N4O/c1-16-7-5-11-23(16)20(25)19-13-18-15-22(10-6-12-24(18)21-19)14-17-8-3-2-4-9-17/h2-4,8-9,13,16H,5-7,10-12,14-15H2,1H3/t16-/m0/s1. The van der Waals surface area contributed by atoms with Crippen LogP contribution in [0.2, 0.25) is 0 Å². The molecule has 0 bridgehead atoms. The maximum absolute atomic E-state index is 12.8. The van der Waals surface area contributed by atoms with Crippen LogP contribution in [-0.4, -0.2) is 44.6 Å². The van der Waals surface area contributed by atoms with E-state index in [1.807, 2.05) is 15.6 Å². The zero-order valence-electron chi connectivity index (χ0n) is 14.9. The third kappa shape index (κ3) is 3.47. The minimum atomic E-state index is 0.0974. The fourth-order valence-corrected chi connectivity index (χ4v) is 3.99. The van der Waals surface area contributed by atoms with Gasteiger partial charge < -0.3 is 4.90 Å². The van der Waals surface area contributed by atoms with Crippen molar-refractivity contribution in [1.29, 1.82) is 0 Å². The van der Waals surface area contributed by atoms with Crippen molar-refractivity contribution in [3.8, 4) is 0 Å². The quantitative estimate of drug-likeness (QED) is 0.864. The predicted molar refractivity (Wildman–Crippen MR) is 97.1 cm³/mol. The number of carbonyl (C=O) groups excluding carboxylic acids is 1. The van der Waals surface area contributed by atoms with E-state index < -0.39 is 0 Å². The van der Waals surface area contributed by atoms with E-state index >= 15 is 0 Å². The van der Waals surface area contributed by atoms with Gasteiger partial charge in [-0.3, -0.25) is 14.4 Å². The number of aryl methyl sites for hydroxylation is 1. The minimum absolute atomic E-state index is 0.0974. The van der Waals surface area contributed by atoms with Gasteiger partial charge in [-0.25, -0.2) is 0 Å². The summed E-state index contributed by atoms with van der Waals surface area (Å²) in [4.78, 5) is 17.2. The lowest BCUT2D eigenvalue weighted by molar-refractivity contribution is 0.0740. The number of aromatic nitrogens is 2. The van der Waals surface area contributed by atoms with Gasteiger partial charge in [0, 0.05) is 38.8 Å². The monoisotopic (exact) mass is 338 g/mol.